The molecule has 4 heterocycles. The minimum absolute atomic E-state index is 0.598. The van der Waals surface area contributed by atoms with E-state index in [9.17, 15) is 0 Å². The van der Waals surface area contributed by atoms with Gasteiger partial charge in [-0.3, -0.25) is 4.57 Å². The normalized spacial score (nSPS) is 12.2. The minimum Gasteiger partial charge on any atom is -0.308 e. The summed E-state index contributed by atoms with van der Waals surface area (Å²) in [4.78, 5) is 15.4. The third kappa shape index (κ3) is 3.37. The van der Waals surface area contributed by atoms with Crippen molar-refractivity contribution < 1.29 is 0 Å². The van der Waals surface area contributed by atoms with Crippen LogP contribution < -0.4 is 0 Å². The van der Waals surface area contributed by atoms with Crippen molar-refractivity contribution >= 4 is 70.7 Å². The topological polar surface area (TPSA) is 48.0 Å². The lowest BCUT2D eigenvalue weighted by atomic mass is 10.0. The van der Waals surface area contributed by atoms with Crippen LogP contribution >= 0.6 is 0 Å². The summed E-state index contributed by atoms with van der Waals surface area (Å²) >= 11 is 0. The smallest absolute Gasteiger partial charge is 0.238 e. The molecule has 0 atom stereocenters. The molecular formula is C43H25N5. The number of hydrogen-bond donors (Lipinski definition) is 0. The Bertz CT molecular complexity index is 2990. The fraction of sp³-hybridized carbons (Fsp3) is 0. The van der Waals surface area contributed by atoms with Crippen molar-refractivity contribution in [3.63, 3.8) is 0 Å². The van der Waals surface area contributed by atoms with E-state index in [1.54, 1.807) is 0 Å². The van der Waals surface area contributed by atoms with Crippen LogP contribution in [-0.2, 0) is 0 Å². The molecular weight excluding hydrogens is 587 g/mol. The Balaban J connectivity index is 1.36. The van der Waals surface area contributed by atoms with Gasteiger partial charge in [-0.1, -0.05) is 127 Å². The Hall–Kier alpha value is -6.59. The van der Waals surface area contributed by atoms with Gasteiger partial charge >= 0.3 is 0 Å². The lowest BCUT2D eigenvalue weighted by Gasteiger charge is -2.11. The standard InChI is InChI=1S/C43H25N5/c1-3-13-27(14-4-1)41-44-42(28-15-5-2-6-16-28)46-43(45-41)48-34-21-11-19-31-30-18-9-10-20-33(30)47-35-24-22-26-12-7-8-17-29(26)37(35)32-23-25-36(48)39(38(31)34)40(32)47/h1-25H. The van der Waals surface area contributed by atoms with Crippen molar-refractivity contribution in [3.05, 3.63) is 152 Å². The highest BCUT2D eigenvalue weighted by Crippen LogP contribution is 2.46. The lowest BCUT2D eigenvalue weighted by Crippen LogP contribution is -2.06. The van der Waals surface area contributed by atoms with Crippen LogP contribution in [0.1, 0.15) is 0 Å². The Morgan fingerprint density at radius 3 is 1.73 bits per heavy atom. The van der Waals surface area contributed by atoms with Gasteiger partial charge in [-0.05, 0) is 40.4 Å². The molecule has 0 radical (unpaired) electrons. The van der Waals surface area contributed by atoms with Gasteiger partial charge in [-0.2, -0.15) is 9.97 Å². The molecule has 5 nitrogen and oxygen atoms in total. The van der Waals surface area contributed by atoms with E-state index in [4.69, 9.17) is 15.0 Å². The highest BCUT2D eigenvalue weighted by Gasteiger charge is 2.25. The first kappa shape index (κ1) is 25.6. The maximum Gasteiger partial charge on any atom is 0.238 e. The summed E-state index contributed by atoms with van der Waals surface area (Å²) in [6.45, 7) is 0. The molecule has 0 saturated heterocycles. The molecule has 0 spiro atoms. The van der Waals surface area contributed by atoms with Crippen LogP contribution in [0, 0.1) is 0 Å². The average Bonchev–Trinajstić information content (AvgIpc) is 3.64. The van der Waals surface area contributed by atoms with Crippen molar-refractivity contribution in [1.29, 1.82) is 0 Å². The Morgan fingerprint density at radius 1 is 0.354 bits per heavy atom. The van der Waals surface area contributed by atoms with Gasteiger partial charge in [0.25, 0.3) is 0 Å². The maximum atomic E-state index is 5.18. The van der Waals surface area contributed by atoms with Gasteiger partial charge in [0.05, 0.1) is 27.6 Å². The first-order valence-corrected chi connectivity index (χ1v) is 16.2. The van der Waals surface area contributed by atoms with Gasteiger partial charge in [0.2, 0.25) is 5.95 Å². The van der Waals surface area contributed by atoms with Crippen LogP contribution in [0.15, 0.2) is 152 Å². The zero-order chi connectivity index (χ0) is 31.3. The minimum atomic E-state index is 0.598. The first-order valence-electron chi connectivity index (χ1n) is 16.2. The average molecular weight is 612 g/mol. The largest absolute Gasteiger partial charge is 0.308 e. The fourth-order valence-corrected chi connectivity index (χ4v) is 7.90. The highest BCUT2D eigenvalue weighted by molar-refractivity contribution is 6.35. The van der Waals surface area contributed by atoms with Crippen LogP contribution in [0.25, 0.3) is 99.4 Å². The Kier molecular flexibility index (Phi) is 5.05. The van der Waals surface area contributed by atoms with Gasteiger partial charge in [0.15, 0.2) is 11.6 Å². The monoisotopic (exact) mass is 611 g/mol. The summed E-state index contributed by atoms with van der Waals surface area (Å²) in [5.41, 5.74) is 7.63. The molecule has 48 heavy (non-hydrogen) atoms. The molecule has 0 amide bonds. The molecule has 0 unspecified atom stereocenters. The SMILES string of the molecule is c1ccc(-c2nc(-c3ccccc3)nc(-n3c4cccc5c6ccccc6n6c7ccc8ccccc8c7c7ccc3c(c54)c76)n2)cc1. The zero-order valence-corrected chi connectivity index (χ0v) is 25.7. The second-order valence-electron chi connectivity index (χ2n) is 12.4. The van der Waals surface area contributed by atoms with E-state index in [1.807, 2.05) is 36.4 Å². The molecule has 11 aromatic rings. The molecule has 4 aromatic heterocycles. The molecule has 0 aliphatic rings. The molecule has 0 aliphatic carbocycles. The summed E-state index contributed by atoms with van der Waals surface area (Å²) in [7, 11) is 0. The van der Waals surface area contributed by atoms with E-state index < -0.39 is 0 Å². The number of benzene rings is 7. The molecule has 222 valence electrons. The van der Waals surface area contributed by atoms with E-state index in [-0.39, 0.29) is 0 Å². The van der Waals surface area contributed by atoms with Crippen LogP contribution in [0.5, 0.6) is 0 Å². The van der Waals surface area contributed by atoms with E-state index in [2.05, 4.69) is 124 Å². The quantitative estimate of drug-likeness (QED) is 0.200. The fourth-order valence-electron chi connectivity index (χ4n) is 7.90. The predicted molar refractivity (Wildman–Crippen MR) is 197 cm³/mol. The van der Waals surface area contributed by atoms with Gasteiger partial charge in [-0.15, -0.1) is 0 Å². The highest BCUT2D eigenvalue weighted by atomic mass is 15.2. The van der Waals surface area contributed by atoms with Gasteiger partial charge in [-0.25, -0.2) is 4.98 Å². The molecule has 7 aromatic carbocycles. The maximum absolute atomic E-state index is 5.18. The predicted octanol–water partition coefficient (Wildman–Crippen LogP) is 10.6. The molecule has 0 aliphatic heterocycles. The number of aromatic nitrogens is 5. The Morgan fingerprint density at radius 2 is 0.958 bits per heavy atom. The van der Waals surface area contributed by atoms with Crippen molar-refractivity contribution in [1.82, 2.24) is 23.9 Å². The first-order chi connectivity index (χ1) is 23.8. The van der Waals surface area contributed by atoms with Gasteiger partial charge in [0, 0.05) is 38.1 Å². The third-order valence-electron chi connectivity index (χ3n) is 9.89. The van der Waals surface area contributed by atoms with Crippen LogP contribution in [-0.4, -0.2) is 23.9 Å². The van der Waals surface area contributed by atoms with Crippen molar-refractivity contribution in [3.8, 4) is 28.7 Å². The van der Waals surface area contributed by atoms with Crippen molar-refractivity contribution in [2.45, 2.75) is 0 Å². The van der Waals surface area contributed by atoms with Crippen LogP contribution in [0.2, 0.25) is 0 Å². The van der Waals surface area contributed by atoms with Crippen LogP contribution in [0.3, 0.4) is 0 Å². The summed E-state index contributed by atoms with van der Waals surface area (Å²) in [6.07, 6.45) is 0. The third-order valence-corrected chi connectivity index (χ3v) is 9.89. The number of nitrogens with zero attached hydrogens (tertiary/aromatic N) is 5. The molecule has 0 saturated carbocycles. The second-order valence-corrected chi connectivity index (χ2v) is 12.4. The lowest BCUT2D eigenvalue weighted by molar-refractivity contribution is 0.954. The number of hydrogen-bond acceptors (Lipinski definition) is 3. The molecule has 11 rings (SSSR count). The molecule has 0 bridgehead atoms. The molecule has 0 fully saturated rings. The van der Waals surface area contributed by atoms with E-state index in [0.717, 1.165) is 22.2 Å². The zero-order valence-electron chi connectivity index (χ0n) is 25.7. The van der Waals surface area contributed by atoms with E-state index in [0.29, 0.717) is 17.6 Å². The number of fused-ring (bicyclic) bond motifs is 8. The summed E-state index contributed by atoms with van der Waals surface area (Å²) in [5, 5.41) is 9.84. The van der Waals surface area contributed by atoms with Crippen molar-refractivity contribution in [2.24, 2.45) is 0 Å². The summed E-state index contributed by atoms with van der Waals surface area (Å²) in [6, 6.07) is 53.6. The van der Waals surface area contributed by atoms with Crippen molar-refractivity contribution in [2.75, 3.05) is 0 Å². The van der Waals surface area contributed by atoms with Gasteiger partial charge < -0.3 is 4.40 Å². The van der Waals surface area contributed by atoms with E-state index >= 15 is 0 Å². The summed E-state index contributed by atoms with van der Waals surface area (Å²) < 4.78 is 4.72. The van der Waals surface area contributed by atoms with E-state index in [1.165, 1.54) is 59.6 Å². The second kappa shape index (κ2) is 9.47. The van der Waals surface area contributed by atoms with Crippen LogP contribution in [0.4, 0.5) is 0 Å². The number of para-hydroxylation sites is 1. The molecule has 0 N–H and O–H groups in total. The Labute approximate surface area is 274 Å². The molecule has 5 heteroatoms. The van der Waals surface area contributed by atoms with Gasteiger partial charge in [0.1, 0.15) is 0 Å². The summed E-state index contributed by atoms with van der Waals surface area (Å²) in [5.74, 6) is 1.88. The number of rotatable bonds is 3.